The van der Waals surface area contributed by atoms with Crippen LogP contribution in [0.25, 0.3) is 11.0 Å². The molecule has 5 rings (SSSR count). The molecule has 2 aliphatic rings. The van der Waals surface area contributed by atoms with Crippen molar-refractivity contribution < 1.29 is 40.9 Å². The minimum absolute atomic E-state index is 0.0515. The van der Waals surface area contributed by atoms with Gasteiger partial charge in [-0.15, -0.1) is 0 Å². The maximum absolute atomic E-state index is 14.8. The molecular formula is C32H43F5N6O4Si. The third-order valence-electron chi connectivity index (χ3n) is 9.01. The summed E-state index contributed by atoms with van der Waals surface area (Å²) in [5, 5.41) is 13.1. The molecule has 2 heterocycles. The summed E-state index contributed by atoms with van der Waals surface area (Å²) in [5.74, 6) is -4.51. The smallest absolute Gasteiger partial charge is 0.361 e. The van der Waals surface area contributed by atoms with E-state index in [0.29, 0.717) is 35.4 Å². The van der Waals surface area contributed by atoms with Crippen LogP contribution in [0.2, 0.25) is 25.7 Å². The second-order valence-corrected chi connectivity index (χ2v) is 20.0. The minimum atomic E-state index is -4.44. The zero-order valence-corrected chi connectivity index (χ0v) is 28.6. The molecule has 2 saturated carbocycles. The number of alkyl halides is 5. The second kappa shape index (κ2) is 14.2. The Kier molecular flexibility index (Phi) is 10.6. The Balaban J connectivity index is 1.52. The number of hydrogen-bond acceptors (Lipinski definition) is 7. The Morgan fingerprint density at radius 1 is 1.10 bits per heavy atom. The Labute approximate surface area is 276 Å². The molecule has 16 heteroatoms. The van der Waals surface area contributed by atoms with Gasteiger partial charge >= 0.3 is 6.18 Å². The lowest BCUT2D eigenvalue weighted by molar-refractivity contribution is -0.144. The zero-order valence-electron chi connectivity index (χ0n) is 27.6. The van der Waals surface area contributed by atoms with Gasteiger partial charge in [0.15, 0.2) is 5.69 Å². The lowest BCUT2D eigenvalue weighted by Gasteiger charge is -2.34. The van der Waals surface area contributed by atoms with Gasteiger partial charge in [0.25, 0.3) is 5.91 Å². The number of imidazole rings is 1. The number of carbonyl (C=O) groups excluding carboxylic acids is 2. The number of rotatable bonds is 14. The summed E-state index contributed by atoms with van der Waals surface area (Å²) in [4.78, 5) is 30.8. The fourth-order valence-corrected chi connectivity index (χ4v) is 6.96. The third kappa shape index (κ3) is 9.39. The van der Waals surface area contributed by atoms with E-state index < -0.39 is 69.3 Å². The predicted octanol–water partition coefficient (Wildman–Crippen LogP) is 7.25. The van der Waals surface area contributed by atoms with Crippen molar-refractivity contribution in [3.05, 3.63) is 41.0 Å². The van der Waals surface area contributed by atoms with E-state index in [0.717, 1.165) is 18.9 Å². The molecule has 0 spiro atoms. The Hall–Kier alpha value is -3.40. The molecule has 10 nitrogen and oxygen atoms in total. The van der Waals surface area contributed by atoms with Gasteiger partial charge in [0.2, 0.25) is 11.8 Å². The highest BCUT2D eigenvalue weighted by molar-refractivity contribution is 6.76. The zero-order chi connectivity index (χ0) is 34.9. The topological polar surface area (TPSA) is 124 Å². The quantitative estimate of drug-likeness (QED) is 0.103. The summed E-state index contributed by atoms with van der Waals surface area (Å²) >= 11 is 0. The molecule has 0 bridgehead atoms. The lowest BCUT2D eigenvalue weighted by Crippen LogP contribution is -2.40. The monoisotopic (exact) mass is 698 g/mol. The number of fused-ring (bicyclic) bond motifs is 1. The van der Waals surface area contributed by atoms with Crippen LogP contribution in [0.1, 0.15) is 91.0 Å². The summed E-state index contributed by atoms with van der Waals surface area (Å²) in [6, 6.07) is 4.80. The van der Waals surface area contributed by atoms with Crippen molar-refractivity contribution in [2.75, 3.05) is 6.61 Å². The van der Waals surface area contributed by atoms with Gasteiger partial charge in [-0.1, -0.05) is 30.9 Å². The molecule has 0 aliphatic heterocycles. The number of benzene rings is 1. The number of ether oxygens (including phenoxy) is 1. The van der Waals surface area contributed by atoms with Gasteiger partial charge < -0.3 is 19.9 Å². The van der Waals surface area contributed by atoms with Crippen LogP contribution in [0.5, 0.6) is 0 Å². The van der Waals surface area contributed by atoms with Crippen molar-refractivity contribution in [3.8, 4) is 0 Å². The van der Waals surface area contributed by atoms with Gasteiger partial charge in [0.1, 0.15) is 18.2 Å². The second-order valence-electron chi connectivity index (χ2n) is 14.4. The number of aryl methyl sites for hydroxylation is 1. The summed E-state index contributed by atoms with van der Waals surface area (Å²) in [6.07, 6.45) is -4.70. The summed E-state index contributed by atoms with van der Waals surface area (Å²) in [5.41, 5.74) is 1.97. The molecule has 3 aromatic rings. The molecular weight excluding hydrogens is 655 g/mol. The van der Waals surface area contributed by atoms with Gasteiger partial charge in [-0.25, -0.2) is 18.4 Å². The first-order valence-electron chi connectivity index (χ1n) is 16.4. The van der Waals surface area contributed by atoms with Crippen LogP contribution in [0, 0.1) is 18.8 Å². The maximum Gasteiger partial charge on any atom is 0.389 e. The number of aromatic nitrogens is 4. The first-order valence-corrected chi connectivity index (χ1v) is 20.1. The van der Waals surface area contributed by atoms with Crippen molar-refractivity contribution in [3.63, 3.8) is 0 Å². The summed E-state index contributed by atoms with van der Waals surface area (Å²) in [7, 11) is -1.43. The van der Waals surface area contributed by atoms with E-state index in [2.05, 4.69) is 40.6 Å². The lowest BCUT2D eigenvalue weighted by atomic mass is 9.81. The standard InChI is InChI=1S/C32H43F5N6O4Si/c1-19-26(42-47-41-19)30(45)40-28(22-6-5-12-31(33,34)17-22)29-38-23-16-21(9-10-24(23)43(29)18-46-14-15-48(2,3)4)27(20-7-8-20)39-25(44)11-13-32(35,36)37/h9-10,16,20,22,27-28H,5-8,11-15,17-18H2,1-4H3,(H,39,44)(H,40,45)/t22-,27-,28+/m1/s1. The van der Waals surface area contributed by atoms with Crippen molar-refractivity contribution in [2.24, 2.45) is 11.8 Å². The van der Waals surface area contributed by atoms with E-state index in [1.54, 1.807) is 29.7 Å². The van der Waals surface area contributed by atoms with Gasteiger partial charge in [-0.05, 0) is 73.3 Å². The van der Waals surface area contributed by atoms with Crippen molar-refractivity contribution in [2.45, 2.75) is 115 Å². The number of nitrogens with zero attached hydrogens (tertiary/aromatic N) is 4. The molecule has 0 radical (unpaired) electrons. The van der Waals surface area contributed by atoms with Crippen LogP contribution in [-0.4, -0.2) is 58.5 Å². The number of hydrogen-bond donors (Lipinski definition) is 2. The van der Waals surface area contributed by atoms with Crippen LogP contribution in [0.3, 0.4) is 0 Å². The number of carbonyl (C=O) groups is 2. The molecule has 2 N–H and O–H groups in total. The van der Waals surface area contributed by atoms with Crippen molar-refractivity contribution in [1.29, 1.82) is 0 Å². The largest absolute Gasteiger partial charge is 0.389 e. The fourth-order valence-electron chi connectivity index (χ4n) is 6.21. The average molecular weight is 699 g/mol. The van der Waals surface area contributed by atoms with Gasteiger partial charge in [-0.2, -0.15) is 13.2 Å². The Morgan fingerprint density at radius 2 is 1.85 bits per heavy atom. The third-order valence-corrected chi connectivity index (χ3v) is 10.7. The first kappa shape index (κ1) is 35.9. The van der Waals surface area contributed by atoms with E-state index in [1.807, 2.05) is 0 Å². The van der Waals surface area contributed by atoms with Crippen LogP contribution in [0.15, 0.2) is 22.8 Å². The van der Waals surface area contributed by atoms with Gasteiger partial charge in [0.05, 0.1) is 29.5 Å². The summed E-state index contributed by atoms with van der Waals surface area (Å²) in [6.45, 7) is 8.76. The van der Waals surface area contributed by atoms with E-state index >= 15 is 0 Å². The van der Waals surface area contributed by atoms with E-state index in [-0.39, 0.29) is 36.9 Å². The molecule has 2 aliphatic carbocycles. The molecule has 2 amide bonds. The Morgan fingerprint density at radius 3 is 2.48 bits per heavy atom. The number of nitrogens with one attached hydrogen (secondary N) is 2. The van der Waals surface area contributed by atoms with E-state index in [4.69, 9.17) is 14.3 Å². The molecule has 1 aromatic carbocycles. The minimum Gasteiger partial charge on any atom is -0.361 e. The van der Waals surface area contributed by atoms with Gasteiger partial charge in [0, 0.05) is 33.9 Å². The maximum atomic E-state index is 14.8. The number of halogens is 5. The highest BCUT2D eigenvalue weighted by Gasteiger charge is 2.42. The highest BCUT2D eigenvalue weighted by Crippen LogP contribution is 2.44. The fraction of sp³-hybridized carbons (Fsp3) is 0.656. The Bertz CT molecular complexity index is 1600. The molecule has 2 aromatic heterocycles. The van der Waals surface area contributed by atoms with Crippen LogP contribution in [-0.2, 0) is 16.3 Å². The van der Waals surface area contributed by atoms with E-state index in [9.17, 15) is 31.5 Å². The van der Waals surface area contributed by atoms with Crippen LogP contribution < -0.4 is 10.6 Å². The number of amides is 2. The van der Waals surface area contributed by atoms with Gasteiger partial charge in [-0.3, -0.25) is 9.59 Å². The molecule has 3 atom stereocenters. The van der Waals surface area contributed by atoms with Crippen LogP contribution in [0.4, 0.5) is 22.0 Å². The molecule has 264 valence electrons. The molecule has 2 fully saturated rings. The van der Waals surface area contributed by atoms with E-state index in [1.165, 1.54) is 0 Å². The SMILES string of the molecule is Cc1nonc1C(=O)N[C@H](c1nc2cc([C@H](NC(=O)CCC(F)(F)F)C3CC3)ccc2n1COCC[Si](C)(C)C)[C@@H]1CCCC(F)(F)C1. The van der Waals surface area contributed by atoms with Crippen molar-refractivity contribution in [1.82, 2.24) is 30.5 Å². The first-order chi connectivity index (χ1) is 22.5. The van der Waals surface area contributed by atoms with Crippen LogP contribution >= 0.6 is 0 Å². The average Bonchev–Trinajstić information content (AvgIpc) is 3.64. The normalized spacial score (nSPS) is 19.6. The van der Waals surface area contributed by atoms with Crippen molar-refractivity contribution >= 4 is 30.9 Å². The molecule has 0 saturated heterocycles. The molecule has 48 heavy (non-hydrogen) atoms. The molecule has 0 unspecified atom stereocenters. The summed E-state index contributed by atoms with van der Waals surface area (Å²) < 4.78 is 80.6. The predicted molar refractivity (Wildman–Crippen MR) is 169 cm³/mol. The highest BCUT2D eigenvalue weighted by atomic mass is 28.3.